The molecule has 0 amide bonds. The molecule has 1 saturated heterocycles. The van der Waals surface area contributed by atoms with E-state index in [-0.39, 0.29) is 0 Å². The van der Waals surface area contributed by atoms with E-state index in [1.54, 1.807) is 0 Å². The number of fused-ring (bicyclic) bond motifs is 1. The van der Waals surface area contributed by atoms with Gasteiger partial charge in [0.05, 0.1) is 6.20 Å². The van der Waals surface area contributed by atoms with Gasteiger partial charge in [0.2, 0.25) is 0 Å². The summed E-state index contributed by atoms with van der Waals surface area (Å²) in [6, 6.07) is 17.6. The molecule has 4 aromatic rings. The summed E-state index contributed by atoms with van der Waals surface area (Å²) in [5.74, 6) is 0. The Kier molecular flexibility index (Phi) is 11.7. The van der Waals surface area contributed by atoms with Gasteiger partial charge in [-0.2, -0.15) is 5.10 Å². The smallest absolute Gasteiger partial charge is 0.162 e. The molecule has 1 aliphatic rings. The van der Waals surface area contributed by atoms with E-state index in [4.69, 9.17) is 4.98 Å². The topological polar surface area (TPSA) is 33.4 Å². The van der Waals surface area contributed by atoms with E-state index in [1.165, 1.54) is 54.9 Å². The normalized spacial score (nSPS) is 13.6. The summed E-state index contributed by atoms with van der Waals surface area (Å²) in [6.07, 6.45) is 11.2. The summed E-state index contributed by atoms with van der Waals surface area (Å²) < 4.78 is 1.90. The lowest BCUT2D eigenvalue weighted by atomic mass is 10.0. The van der Waals surface area contributed by atoms with Crippen molar-refractivity contribution in [2.45, 2.75) is 77.4 Å². The standard InChI is InChI=1S/C28H32N4S.2C2H6/c1-21(2)33-26-8-6-7-24(17-26)27-19-30-32-20-25(18-29-28(27)32)23-11-9-22(10-12-23)13-16-31-14-4-3-5-15-31;2*1-2/h6-12,17-21H,3-5,13-16H2,1-2H3;2*1-2H3. The van der Waals surface area contributed by atoms with Crippen molar-refractivity contribution in [1.82, 2.24) is 19.5 Å². The number of hydrogen-bond donors (Lipinski definition) is 0. The Morgan fingerprint density at radius 1 is 0.838 bits per heavy atom. The zero-order valence-corrected chi connectivity index (χ0v) is 24.4. The van der Waals surface area contributed by atoms with Crippen LogP contribution in [0.3, 0.4) is 0 Å². The molecule has 3 heterocycles. The van der Waals surface area contributed by atoms with Gasteiger partial charge >= 0.3 is 0 Å². The number of thioether (sulfide) groups is 1. The van der Waals surface area contributed by atoms with Crippen molar-refractivity contribution in [3.63, 3.8) is 0 Å². The summed E-state index contributed by atoms with van der Waals surface area (Å²) in [5.41, 5.74) is 6.79. The highest BCUT2D eigenvalue weighted by Crippen LogP contribution is 2.30. The van der Waals surface area contributed by atoms with E-state index in [0.717, 1.165) is 28.8 Å². The highest BCUT2D eigenvalue weighted by atomic mass is 32.2. The second-order valence-corrected chi connectivity index (χ2v) is 10.9. The average Bonchev–Trinajstić information content (AvgIpc) is 3.38. The van der Waals surface area contributed by atoms with E-state index in [2.05, 4.69) is 78.6 Å². The Hall–Kier alpha value is -2.63. The molecule has 1 fully saturated rings. The van der Waals surface area contributed by atoms with Gasteiger partial charge in [-0.05, 0) is 61.2 Å². The number of nitrogens with zero attached hydrogens (tertiary/aromatic N) is 4. The van der Waals surface area contributed by atoms with Crippen LogP contribution in [-0.2, 0) is 6.42 Å². The summed E-state index contributed by atoms with van der Waals surface area (Å²) >= 11 is 1.88. The molecule has 0 spiro atoms. The summed E-state index contributed by atoms with van der Waals surface area (Å²) in [6.45, 7) is 16.1. The zero-order chi connectivity index (χ0) is 26.6. The number of rotatable bonds is 7. The number of piperidine rings is 1. The van der Waals surface area contributed by atoms with Crippen LogP contribution in [0.4, 0.5) is 0 Å². The summed E-state index contributed by atoms with van der Waals surface area (Å²) in [5, 5.41) is 5.17. The molecule has 2 aromatic carbocycles. The maximum Gasteiger partial charge on any atom is 0.162 e. The molecule has 4 nitrogen and oxygen atoms in total. The van der Waals surface area contributed by atoms with Crippen LogP contribution in [0.25, 0.3) is 27.9 Å². The molecule has 37 heavy (non-hydrogen) atoms. The van der Waals surface area contributed by atoms with Crippen LogP contribution < -0.4 is 0 Å². The Morgan fingerprint density at radius 3 is 2.27 bits per heavy atom. The molecule has 0 aliphatic carbocycles. The molecule has 0 N–H and O–H groups in total. The van der Waals surface area contributed by atoms with Gasteiger partial charge in [0, 0.05) is 40.2 Å². The second kappa shape index (κ2) is 14.9. The first kappa shape index (κ1) is 28.9. The lowest BCUT2D eigenvalue weighted by molar-refractivity contribution is 0.231. The Morgan fingerprint density at radius 2 is 1.57 bits per heavy atom. The molecule has 5 heteroatoms. The van der Waals surface area contributed by atoms with Crippen LogP contribution in [0, 0.1) is 0 Å². The molecule has 0 radical (unpaired) electrons. The van der Waals surface area contributed by atoms with Crippen LogP contribution in [0.2, 0.25) is 0 Å². The zero-order valence-electron chi connectivity index (χ0n) is 23.6. The van der Waals surface area contributed by atoms with Crippen molar-refractivity contribution in [1.29, 1.82) is 0 Å². The largest absolute Gasteiger partial charge is 0.303 e. The van der Waals surface area contributed by atoms with Crippen LogP contribution in [-0.4, -0.2) is 44.4 Å². The van der Waals surface area contributed by atoms with Crippen LogP contribution in [0.15, 0.2) is 72.0 Å². The fraction of sp³-hybridized carbons (Fsp3) is 0.438. The van der Waals surface area contributed by atoms with E-state index in [1.807, 2.05) is 56.4 Å². The van der Waals surface area contributed by atoms with Gasteiger partial charge in [-0.1, -0.05) is 84.4 Å². The maximum absolute atomic E-state index is 4.79. The molecule has 0 bridgehead atoms. The minimum atomic E-state index is 0.556. The summed E-state index contributed by atoms with van der Waals surface area (Å²) in [4.78, 5) is 8.67. The van der Waals surface area contributed by atoms with E-state index < -0.39 is 0 Å². The molecule has 2 aromatic heterocycles. The number of hydrogen-bond acceptors (Lipinski definition) is 4. The van der Waals surface area contributed by atoms with Crippen LogP contribution in [0.1, 0.15) is 66.4 Å². The third kappa shape index (κ3) is 7.93. The van der Waals surface area contributed by atoms with Crippen molar-refractivity contribution >= 4 is 17.4 Å². The van der Waals surface area contributed by atoms with Gasteiger partial charge in [-0.3, -0.25) is 0 Å². The average molecular weight is 517 g/mol. The minimum absolute atomic E-state index is 0.556. The number of benzene rings is 2. The van der Waals surface area contributed by atoms with Crippen LogP contribution >= 0.6 is 11.8 Å². The fourth-order valence-corrected chi connectivity index (χ4v) is 5.47. The van der Waals surface area contributed by atoms with Crippen molar-refractivity contribution in [3.05, 3.63) is 72.7 Å². The van der Waals surface area contributed by atoms with Gasteiger partial charge in [0.1, 0.15) is 0 Å². The van der Waals surface area contributed by atoms with Crippen molar-refractivity contribution in [2.75, 3.05) is 19.6 Å². The lowest BCUT2D eigenvalue weighted by Gasteiger charge is -2.26. The van der Waals surface area contributed by atoms with Gasteiger partial charge in [0.25, 0.3) is 0 Å². The molecule has 198 valence electrons. The molecule has 5 rings (SSSR count). The van der Waals surface area contributed by atoms with E-state index in [9.17, 15) is 0 Å². The SMILES string of the molecule is CC.CC.CC(C)Sc1cccc(-c2cnn3cc(-c4ccc(CCN5CCCCC5)cc4)cnc23)c1. The molecule has 1 aliphatic heterocycles. The predicted molar refractivity (Wildman–Crippen MR) is 162 cm³/mol. The fourth-order valence-electron chi connectivity index (χ4n) is 4.57. The number of aromatic nitrogens is 3. The Labute approximate surface area is 228 Å². The highest BCUT2D eigenvalue weighted by molar-refractivity contribution is 7.99. The molecule has 0 unspecified atom stereocenters. The maximum atomic E-state index is 4.79. The quantitative estimate of drug-likeness (QED) is 0.230. The van der Waals surface area contributed by atoms with E-state index >= 15 is 0 Å². The molecule has 0 atom stereocenters. The molecular weight excluding hydrogens is 472 g/mol. The first-order chi connectivity index (χ1) is 18.2. The van der Waals surface area contributed by atoms with Crippen LogP contribution in [0.5, 0.6) is 0 Å². The minimum Gasteiger partial charge on any atom is -0.303 e. The van der Waals surface area contributed by atoms with Gasteiger partial charge < -0.3 is 4.90 Å². The van der Waals surface area contributed by atoms with Crippen molar-refractivity contribution in [3.8, 4) is 22.3 Å². The summed E-state index contributed by atoms with van der Waals surface area (Å²) in [7, 11) is 0. The van der Waals surface area contributed by atoms with Gasteiger partial charge in [-0.25, -0.2) is 9.50 Å². The predicted octanol–water partition coefficient (Wildman–Crippen LogP) is 8.64. The molecule has 0 saturated carbocycles. The first-order valence-corrected chi connectivity index (χ1v) is 15.0. The Balaban J connectivity index is 0.000000907. The van der Waals surface area contributed by atoms with E-state index in [0.29, 0.717) is 5.25 Å². The first-order valence-electron chi connectivity index (χ1n) is 14.1. The highest BCUT2D eigenvalue weighted by Gasteiger charge is 2.12. The van der Waals surface area contributed by atoms with Crippen molar-refractivity contribution < 1.29 is 0 Å². The Bertz CT molecular complexity index is 1210. The van der Waals surface area contributed by atoms with Crippen molar-refractivity contribution in [2.24, 2.45) is 0 Å². The molecular formula is C32H44N4S. The second-order valence-electron chi connectivity index (χ2n) is 9.21. The van der Waals surface area contributed by atoms with Gasteiger partial charge in [-0.15, -0.1) is 11.8 Å². The monoisotopic (exact) mass is 516 g/mol. The third-order valence-corrected chi connectivity index (χ3v) is 7.32. The van der Waals surface area contributed by atoms with Gasteiger partial charge in [0.15, 0.2) is 5.65 Å². The third-order valence-electron chi connectivity index (χ3n) is 6.33. The lowest BCUT2D eigenvalue weighted by Crippen LogP contribution is -2.31. The number of likely N-dealkylation sites (tertiary alicyclic amines) is 1.